The molecule has 1 aliphatic rings. The lowest BCUT2D eigenvalue weighted by Crippen LogP contribution is -2.39. The highest BCUT2D eigenvalue weighted by Gasteiger charge is 2.32. The topological polar surface area (TPSA) is 132 Å². The predicted octanol–water partition coefficient (Wildman–Crippen LogP) is 3.56. The number of nitrogens with one attached hydrogen (secondary N) is 1. The van der Waals surface area contributed by atoms with Crippen LogP contribution in [-0.4, -0.2) is 35.0 Å². The number of carbonyl (C=O) groups is 1. The van der Waals surface area contributed by atoms with E-state index < -0.39 is 38.8 Å². The normalized spacial score (nSPS) is 17.0. The number of nitrogens with zero attached hydrogens (tertiary/aromatic N) is 2. The zero-order valence-electron chi connectivity index (χ0n) is 17.7. The SMILES string of the molecule is CCC(C(=O)O)n1c2c(c3cc(F)ccc31)C[C@@H](NS(=O)(=O)c1ccc([N+](=O)[O-])cc1)CC2. The third-order valence-electron chi connectivity index (χ3n) is 6.03. The Morgan fingerprint density at radius 2 is 2.00 bits per heavy atom. The number of carboxylic acids is 1. The summed E-state index contributed by atoms with van der Waals surface area (Å²) in [4.78, 5) is 22.0. The van der Waals surface area contributed by atoms with Crippen molar-refractivity contribution in [2.24, 2.45) is 0 Å². The Morgan fingerprint density at radius 3 is 2.61 bits per heavy atom. The largest absolute Gasteiger partial charge is 0.480 e. The van der Waals surface area contributed by atoms with Gasteiger partial charge in [-0.3, -0.25) is 10.1 Å². The van der Waals surface area contributed by atoms with Gasteiger partial charge in [0.25, 0.3) is 5.69 Å². The van der Waals surface area contributed by atoms with Crippen LogP contribution in [0.25, 0.3) is 10.9 Å². The van der Waals surface area contributed by atoms with Crippen molar-refractivity contribution in [2.45, 2.75) is 49.6 Å². The van der Waals surface area contributed by atoms with Gasteiger partial charge >= 0.3 is 5.97 Å². The minimum absolute atomic E-state index is 0.0932. The van der Waals surface area contributed by atoms with Gasteiger partial charge in [0, 0.05) is 34.8 Å². The Hall–Kier alpha value is -3.31. The van der Waals surface area contributed by atoms with E-state index in [0.29, 0.717) is 30.2 Å². The molecule has 0 saturated carbocycles. The number of carboxylic acid groups (broad SMARTS) is 1. The summed E-state index contributed by atoms with van der Waals surface area (Å²) in [7, 11) is -3.94. The van der Waals surface area contributed by atoms with Crippen LogP contribution in [0.3, 0.4) is 0 Å². The van der Waals surface area contributed by atoms with Gasteiger partial charge in [-0.2, -0.15) is 0 Å². The van der Waals surface area contributed by atoms with E-state index in [1.54, 1.807) is 17.6 Å². The Bertz CT molecular complexity index is 1350. The molecule has 0 spiro atoms. The van der Waals surface area contributed by atoms with E-state index >= 15 is 0 Å². The number of non-ortho nitro benzene ring substituents is 1. The van der Waals surface area contributed by atoms with Crippen molar-refractivity contribution >= 4 is 32.6 Å². The molecule has 1 unspecified atom stereocenters. The Kier molecular flexibility index (Phi) is 5.93. The second-order valence-electron chi connectivity index (χ2n) is 8.03. The zero-order valence-corrected chi connectivity index (χ0v) is 18.5. The molecular weight excluding hydrogens is 453 g/mol. The van der Waals surface area contributed by atoms with Crippen molar-refractivity contribution in [1.29, 1.82) is 0 Å². The van der Waals surface area contributed by atoms with Gasteiger partial charge in [0.2, 0.25) is 10.0 Å². The Balaban J connectivity index is 1.68. The number of hydrogen-bond acceptors (Lipinski definition) is 5. The summed E-state index contributed by atoms with van der Waals surface area (Å²) < 4.78 is 44.1. The Morgan fingerprint density at radius 1 is 1.30 bits per heavy atom. The number of nitro groups is 1. The van der Waals surface area contributed by atoms with Gasteiger partial charge in [0.15, 0.2) is 0 Å². The quantitative estimate of drug-likeness (QED) is 0.397. The van der Waals surface area contributed by atoms with Gasteiger partial charge < -0.3 is 9.67 Å². The molecular formula is C22H22FN3O6S. The number of fused-ring (bicyclic) bond motifs is 3. The van der Waals surface area contributed by atoms with Gasteiger partial charge in [-0.25, -0.2) is 22.3 Å². The molecule has 3 aromatic rings. The van der Waals surface area contributed by atoms with Crippen molar-refractivity contribution in [3.8, 4) is 0 Å². The fraction of sp³-hybridized carbons (Fsp3) is 0.318. The van der Waals surface area contributed by atoms with Crippen LogP contribution in [0, 0.1) is 15.9 Å². The minimum atomic E-state index is -3.94. The van der Waals surface area contributed by atoms with Crippen LogP contribution in [0.1, 0.15) is 37.1 Å². The number of hydrogen-bond donors (Lipinski definition) is 2. The zero-order chi connectivity index (χ0) is 23.9. The number of benzene rings is 2. The lowest BCUT2D eigenvalue weighted by molar-refractivity contribution is -0.384. The highest BCUT2D eigenvalue weighted by atomic mass is 32.2. The maximum absolute atomic E-state index is 14.1. The monoisotopic (exact) mass is 475 g/mol. The van der Waals surface area contributed by atoms with E-state index in [1.807, 2.05) is 0 Å². The predicted molar refractivity (Wildman–Crippen MR) is 118 cm³/mol. The molecule has 174 valence electrons. The average Bonchev–Trinajstić information content (AvgIpc) is 3.07. The molecule has 0 fully saturated rings. The van der Waals surface area contributed by atoms with E-state index in [-0.39, 0.29) is 17.0 Å². The first-order valence-electron chi connectivity index (χ1n) is 10.4. The van der Waals surface area contributed by atoms with Crippen LogP contribution in [0.4, 0.5) is 10.1 Å². The summed E-state index contributed by atoms with van der Waals surface area (Å²) in [5, 5.41) is 21.1. The fourth-order valence-electron chi connectivity index (χ4n) is 4.52. The molecule has 1 aliphatic carbocycles. The van der Waals surface area contributed by atoms with E-state index in [9.17, 15) is 32.8 Å². The van der Waals surface area contributed by atoms with E-state index in [4.69, 9.17) is 0 Å². The van der Waals surface area contributed by atoms with Gasteiger partial charge in [0.1, 0.15) is 11.9 Å². The van der Waals surface area contributed by atoms with Crippen molar-refractivity contribution in [1.82, 2.24) is 9.29 Å². The van der Waals surface area contributed by atoms with Crippen molar-refractivity contribution in [3.63, 3.8) is 0 Å². The molecule has 11 heteroatoms. The molecule has 0 amide bonds. The molecule has 0 saturated heterocycles. The molecule has 2 atom stereocenters. The van der Waals surface area contributed by atoms with Gasteiger partial charge in [-0.1, -0.05) is 6.92 Å². The number of halogens is 1. The standard InChI is InChI=1S/C22H22FN3O6S/c1-2-19(22(27)28)25-20-9-3-13(23)11-17(20)18-12-14(4-10-21(18)25)24-33(31,32)16-7-5-15(6-8-16)26(29)30/h3,5-9,11,14,19,24H,2,4,10,12H2,1H3,(H,27,28)/t14-,19?/m0/s1. The summed E-state index contributed by atoms with van der Waals surface area (Å²) in [5.74, 6) is -1.44. The number of nitro benzene ring substituents is 1. The first kappa shape index (κ1) is 22.9. The number of rotatable bonds is 7. The van der Waals surface area contributed by atoms with Crippen molar-refractivity contribution < 1.29 is 27.6 Å². The summed E-state index contributed by atoms with van der Waals surface area (Å²) in [6, 6.07) is 7.50. The van der Waals surface area contributed by atoms with E-state index in [1.165, 1.54) is 24.3 Å². The van der Waals surface area contributed by atoms with Gasteiger partial charge in [-0.05, 0) is 61.6 Å². The third kappa shape index (κ3) is 4.21. The molecule has 4 rings (SSSR count). The van der Waals surface area contributed by atoms with Crippen LogP contribution in [0.5, 0.6) is 0 Å². The first-order valence-corrected chi connectivity index (χ1v) is 11.9. The molecule has 1 heterocycles. The summed E-state index contributed by atoms with van der Waals surface area (Å²) in [6.07, 6.45) is 1.46. The highest BCUT2D eigenvalue weighted by Crippen LogP contribution is 2.36. The van der Waals surface area contributed by atoms with E-state index in [0.717, 1.165) is 23.4 Å². The molecule has 0 bridgehead atoms. The fourth-order valence-corrected chi connectivity index (χ4v) is 5.79. The average molecular weight is 475 g/mol. The number of sulfonamides is 1. The lowest BCUT2D eigenvalue weighted by atomic mass is 9.92. The van der Waals surface area contributed by atoms with Crippen LogP contribution in [0.2, 0.25) is 0 Å². The summed E-state index contributed by atoms with van der Waals surface area (Å²) in [5.41, 5.74) is 1.90. The van der Waals surface area contributed by atoms with Crippen molar-refractivity contribution in [2.75, 3.05) is 0 Å². The highest BCUT2D eigenvalue weighted by molar-refractivity contribution is 7.89. The third-order valence-corrected chi connectivity index (χ3v) is 7.56. The molecule has 0 aliphatic heterocycles. The molecule has 0 radical (unpaired) electrons. The second-order valence-corrected chi connectivity index (χ2v) is 9.75. The maximum Gasteiger partial charge on any atom is 0.326 e. The minimum Gasteiger partial charge on any atom is -0.480 e. The molecule has 9 nitrogen and oxygen atoms in total. The Labute approximate surface area is 189 Å². The number of aromatic nitrogens is 1. The molecule has 1 aromatic heterocycles. The lowest BCUT2D eigenvalue weighted by Gasteiger charge is -2.26. The van der Waals surface area contributed by atoms with Gasteiger partial charge in [-0.15, -0.1) is 0 Å². The molecule has 2 N–H and O–H groups in total. The van der Waals surface area contributed by atoms with Crippen LogP contribution < -0.4 is 4.72 Å². The van der Waals surface area contributed by atoms with Gasteiger partial charge in [0.05, 0.1) is 9.82 Å². The maximum atomic E-state index is 14.1. The summed E-state index contributed by atoms with van der Waals surface area (Å²) in [6.45, 7) is 1.77. The van der Waals surface area contributed by atoms with Crippen molar-refractivity contribution in [3.05, 3.63) is 69.7 Å². The molecule has 2 aromatic carbocycles. The van der Waals surface area contributed by atoms with Crippen LogP contribution in [-0.2, 0) is 27.7 Å². The smallest absolute Gasteiger partial charge is 0.326 e. The number of aliphatic carboxylic acids is 1. The second kappa shape index (κ2) is 8.56. The van der Waals surface area contributed by atoms with E-state index in [2.05, 4.69) is 4.72 Å². The molecule has 33 heavy (non-hydrogen) atoms. The summed E-state index contributed by atoms with van der Waals surface area (Å²) >= 11 is 0. The first-order chi connectivity index (χ1) is 15.6. The van der Waals surface area contributed by atoms with Crippen LogP contribution in [0.15, 0.2) is 47.4 Å². The van der Waals surface area contributed by atoms with Crippen LogP contribution >= 0.6 is 0 Å².